The summed E-state index contributed by atoms with van der Waals surface area (Å²) >= 11 is 9.54. The minimum Gasteiger partial charge on any atom is -0.340 e. The molecular formula is C13H13BrClN3. The third kappa shape index (κ3) is 3.00. The maximum absolute atomic E-state index is 6.06. The fourth-order valence-electron chi connectivity index (χ4n) is 1.76. The predicted octanol–water partition coefficient (Wildman–Crippen LogP) is 4.51. The average Bonchev–Trinajstić information content (AvgIpc) is 2.27. The number of aryl methyl sites for hydroxylation is 1. The highest BCUT2D eigenvalue weighted by Gasteiger charge is 2.08. The van der Waals surface area contributed by atoms with Crippen LogP contribution in [0, 0.1) is 6.92 Å². The highest BCUT2D eigenvalue weighted by atomic mass is 79.9. The number of nitrogens with zero attached hydrogens (tertiary/aromatic N) is 2. The van der Waals surface area contributed by atoms with Crippen LogP contribution in [0.3, 0.4) is 0 Å². The molecule has 94 valence electrons. The first kappa shape index (κ1) is 13.3. The molecule has 18 heavy (non-hydrogen) atoms. The molecule has 1 aromatic heterocycles. The van der Waals surface area contributed by atoms with Gasteiger partial charge in [-0.25, -0.2) is 9.97 Å². The van der Waals surface area contributed by atoms with Crippen LogP contribution in [-0.4, -0.2) is 9.97 Å². The van der Waals surface area contributed by atoms with Crippen LogP contribution in [0.2, 0.25) is 5.15 Å². The van der Waals surface area contributed by atoms with Crippen molar-refractivity contribution in [2.75, 3.05) is 5.32 Å². The molecular weight excluding hydrogens is 314 g/mol. The van der Waals surface area contributed by atoms with Crippen LogP contribution in [0.5, 0.6) is 0 Å². The fraction of sp³-hybridized carbons (Fsp3) is 0.231. The Hall–Kier alpha value is -1.13. The summed E-state index contributed by atoms with van der Waals surface area (Å²) < 4.78 is 1.03. The molecule has 1 N–H and O–H groups in total. The first-order valence-electron chi connectivity index (χ1n) is 5.63. The largest absolute Gasteiger partial charge is 0.340 e. The van der Waals surface area contributed by atoms with Crippen LogP contribution < -0.4 is 5.32 Å². The van der Waals surface area contributed by atoms with E-state index >= 15 is 0 Å². The van der Waals surface area contributed by atoms with Crippen molar-refractivity contribution in [3.63, 3.8) is 0 Å². The first-order valence-corrected chi connectivity index (χ1v) is 6.81. The Morgan fingerprint density at radius 3 is 2.72 bits per heavy atom. The quantitative estimate of drug-likeness (QED) is 0.843. The number of nitrogens with one attached hydrogen (secondary N) is 1. The zero-order valence-corrected chi connectivity index (χ0v) is 12.5. The van der Waals surface area contributed by atoms with Crippen molar-refractivity contribution in [2.45, 2.75) is 20.3 Å². The van der Waals surface area contributed by atoms with Crippen molar-refractivity contribution < 1.29 is 0 Å². The molecule has 0 saturated heterocycles. The summed E-state index contributed by atoms with van der Waals surface area (Å²) in [5, 5.41) is 3.78. The van der Waals surface area contributed by atoms with Gasteiger partial charge in [0.1, 0.15) is 17.3 Å². The molecule has 0 atom stereocenters. The smallest absolute Gasteiger partial charge is 0.138 e. The lowest BCUT2D eigenvalue weighted by atomic mass is 10.2. The summed E-state index contributed by atoms with van der Waals surface area (Å²) in [6.07, 6.45) is 2.25. The Balaban J connectivity index is 2.36. The highest BCUT2D eigenvalue weighted by Crippen LogP contribution is 2.26. The molecule has 0 aliphatic heterocycles. The normalized spacial score (nSPS) is 10.4. The zero-order valence-electron chi connectivity index (χ0n) is 10.2. The van der Waals surface area contributed by atoms with Crippen molar-refractivity contribution in [3.05, 3.63) is 45.3 Å². The molecule has 0 saturated carbocycles. The Bertz CT molecular complexity index is 552. The van der Waals surface area contributed by atoms with E-state index in [1.165, 1.54) is 11.9 Å². The second-order valence-electron chi connectivity index (χ2n) is 3.99. The van der Waals surface area contributed by atoms with Crippen LogP contribution in [0.25, 0.3) is 0 Å². The highest BCUT2D eigenvalue weighted by molar-refractivity contribution is 9.10. The summed E-state index contributed by atoms with van der Waals surface area (Å²) in [5.74, 6) is 0.759. The van der Waals surface area contributed by atoms with E-state index in [0.29, 0.717) is 5.15 Å². The number of rotatable bonds is 3. The third-order valence-corrected chi connectivity index (χ3v) is 3.33. The van der Waals surface area contributed by atoms with Gasteiger partial charge in [-0.1, -0.05) is 34.5 Å². The van der Waals surface area contributed by atoms with Gasteiger partial charge in [0.2, 0.25) is 0 Å². The van der Waals surface area contributed by atoms with Gasteiger partial charge >= 0.3 is 0 Å². The molecule has 3 nitrogen and oxygen atoms in total. The molecule has 0 radical (unpaired) electrons. The standard InChI is InChI=1S/C13H13BrClN3/c1-3-11-12(15)16-7-17-13(11)18-10-5-8(2)4-9(14)6-10/h4-7H,3H2,1-2H3,(H,16,17,18). The van der Waals surface area contributed by atoms with Crippen LogP contribution >= 0.6 is 27.5 Å². The van der Waals surface area contributed by atoms with Gasteiger partial charge in [0.15, 0.2) is 0 Å². The lowest BCUT2D eigenvalue weighted by Gasteiger charge is -2.11. The van der Waals surface area contributed by atoms with E-state index in [-0.39, 0.29) is 0 Å². The molecule has 1 aromatic carbocycles. The Morgan fingerprint density at radius 2 is 2.06 bits per heavy atom. The van der Waals surface area contributed by atoms with Crippen LogP contribution in [0.1, 0.15) is 18.1 Å². The summed E-state index contributed by atoms with van der Waals surface area (Å²) in [6, 6.07) is 6.11. The number of aromatic nitrogens is 2. The minimum atomic E-state index is 0.502. The second-order valence-corrected chi connectivity index (χ2v) is 5.26. The van der Waals surface area contributed by atoms with Gasteiger partial charge in [-0.3, -0.25) is 0 Å². The van der Waals surface area contributed by atoms with Crippen LogP contribution in [-0.2, 0) is 6.42 Å². The van der Waals surface area contributed by atoms with Crippen LogP contribution in [0.15, 0.2) is 29.0 Å². The van der Waals surface area contributed by atoms with Gasteiger partial charge in [0.25, 0.3) is 0 Å². The number of halogens is 2. The van der Waals surface area contributed by atoms with Gasteiger partial charge in [-0.15, -0.1) is 0 Å². The average molecular weight is 327 g/mol. The van der Waals surface area contributed by atoms with Crippen molar-refractivity contribution in [3.8, 4) is 0 Å². The molecule has 5 heteroatoms. The van der Waals surface area contributed by atoms with Gasteiger partial charge < -0.3 is 5.32 Å². The van der Waals surface area contributed by atoms with E-state index in [1.54, 1.807) is 0 Å². The van der Waals surface area contributed by atoms with Crippen molar-refractivity contribution in [2.24, 2.45) is 0 Å². The molecule has 2 rings (SSSR count). The second kappa shape index (κ2) is 5.67. The maximum Gasteiger partial charge on any atom is 0.138 e. The molecule has 1 heterocycles. The lowest BCUT2D eigenvalue weighted by molar-refractivity contribution is 1.05. The predicted molar refractivity (Wildman–Crippen MR) is 78.6 cm³/mol. The maximum atomic E-state index is 6.06. The number of hydrogen-bond acceptors (Lipinski definition) is 3. The Labute approximate surface area is 120 Å². The topological polar surface area (TPSA) is 37.8 Å². The Morgan fingerprint density at radius 1 is 1.28 bits per heavy atom. The summed E-state index contributed by atoms with van der Waals surface area (Å²) in [7, 11) is 0. The van der Waals surface area contributed by atoms with Gasteiger partial charge in [0.05, 0.1) is 0 Å². The monoisotopic (exact) mass is 325 g/mol. The molecule has 0 fully saturated rings. The van der Waals surface area contributed by atoms with Gasteiger partial charge in [-0.05, 0) is 37.1 Å². The van der Waals surface area contributed by atoms with E-state index in [4.69, 9.17) is 11.6 Å². The molecule has 0 aliphatic rings. The van der Waals surface area contributed by atoms with E-state index < -0.39 is 0 Å². The number of benzene rings is 1. The van der Waals surface area contributed by atoms with Gasteiger partial charge in [-0.2, -0.15) is 0 Å². The molecule has 0 aliphatic carbocycles. The Kier molecular flexibility index (Phi) is 4.19. The SMILES string of the molecule is CCc1c(Cl)ncnc1Nc1cc(C)cc(Br)c1. The van der Waals surface area contributed by atoms with Crippen molar-refractivity contribution in [1.82, 2.24) is 9.97 Å². The van der Waals surface area contributed by atoms with E-state index in [1.807, 2.05) is 19.9 Å². The summed E-state index contributed by atoms with van der Waals surface area (Å²) in [5.41, 5.74) is 3.08. The zero-order chi connectivity index (χ0) is 13.1. The first-order chi connectivity index (χ1) is 8.60. The number of anilines is 2. The minimum absolute atomic E-state index is 0.502. The van der Waals surface area contributed by atoms with Crippen molar-refractivity contribution >= 4 is 39.0 Å². The number of hydrogen-bond donors (Lipinski definition) is 1. The van der Waals surface area contributed by atoms with E-state index in [2.05, 4.69) is 43.3 Å². The molecule has 0 unspecified atom stereocenters. The molecule has 2 aromatic rings. The lowest BCUT2D eigenvalue weighted by Crippen LogP contribution is -2.00. The van der Waals surface area contributed by atoms with E-state index in [0.717, 1.165) is 28.0 Å². The fourth-order valence-corrected chi connectivity index (χ4v) is 2.63. The molecule has 0 bridgehead atoms. The van der Waals surface area contributed by atoms with E-state index in [9.17, 15) is 0 Å². The summed E-state index contributed by atoms with van der Waals surface area (Å²) in [4.78, 5) is 8.24. The van der Waals surface area contributed by atoms with Gasteiger partial charge in [0, 0.05) is 15.7 Å². The third-order valence-electron chi connectivity index (χ3n) is 2.55. The molecule has 0 amide bonds. The van der Waals surface area contributed by atoms with Crippen LogP contribution in [0.4, 0.5) is 11.5 Å². The summed E-state index contributed by atoms with van der Waals surface area (Å²) in [6.45, 7) is 4.07. The van der Waals surface area contributed by atoms with Crippen molar-refractivity contribution in [1.29, 1.82) is 0 Å². The molecule has 0 spiro atoms.